The van der Waals surface area contributed by atoms with Gasteiger partial charge in [0.1, 0.15) is 0 Å². The molecule has 2 heteroatoms. The summed E-state index contributed by atoms with van der Waals surface area (Å²) in [5, 5.41) is 3.56. The van der Waals surface area contributed by atoms with Crippen LogP contribution in [0.2, 0.25) is 0 Å². The van der Waals surface area contributed by atoms with Crippen molar-refractivity contribution >= 4 is 0 Å². The smallest absolute Gasteiger partial charge is 0.0233 e. The normalized spacial score (nSPS) is 12.0. The van der Waals surface area contributed by atoms with Crippen molar-refractivity contribution in [1.29, 1.82) is 0 Å². The molecule has 0 aromatic heterocycles. The minimum atomic E-state index is 0.285. The third kappa shape index (κ3) is 4.54. The van der Waals surface area contributed by atoms with Crippen molar-refractivity contribution in [3.05, 3.63) is 96.1 Å². The van der Waals surface area contributed by atoms with E-state index in [0.717, 1.165) is 13.0 Å². The quantitative estimate of drug-likeness (QED) is 0.691. The molecule has 0 fully saturated rings. The van der Waals surface area contributed by atoms with Crippen LogP contribution in [0.15, 0.2) is 84.9 Å². The number of hydrogen-bond acceptors (Lipinski definition) is 2. The SMILES string of the molecule is NCC(Cc1ccc(-c2ccccc2)cc1)NCc1ccccc1. The summed E-state index contributed by atoms with van der Waals surface area (Å²) in [5.74, 6) is 0. The van der Waals surface area contributed by atoms with Crippen LogP contribution in [0.4, 0.5) is 0 Å². The molecule has 122 valence electrons. The Morgan fingerprint density at radius 2 is 1.25 bits per heavy atom. The largest absolute Gasteiger partial charge is 0.329 e. The molecule has 24 heavy (non-hydrogen) atoms. The van der Waals surface area contributed by atoms with Gasteiger partial charge in [-0.3, -0.25) is 0 Å². The fourth-order valence-electron chi connectivity index (χ4n) is 2.85. The van der Waals surface area contributed by atoms with Crippen molar-refractivity contribution in [1.82, 2.24) is 5.32 Å². The van der Waals surface area contributed by atoms with Crippen molar-refractivity contribution in [3.63, 3.8) is 0 Å². The van der Waals surface area contributed by atoms with E-state index in [2.05, 4.69) is 78.1 Å². The van der Waals surface area contributed by atoms with E-state index in [1.807, 2.05) is 12.1 Å². The number of hydrogen-bond donors (Lipinski definition) is 2. The second-order valence-corrected chi connectivity index (χ2v) is 6.07. The van der Waals surface area contributed by atoms with E-state index in [9.17, 15) is 0 Å². The van der Waals surface area contributed by atoms with E-state index in [1.54, 1.807) is 0 Å². The fourth-order valence-corrected chi connectivity index (χ4v) is 2.85. The van der Waals surface area contributed by atoms with Crippen molar-refractivity contribution in [2.45, 2.75) is 19.0 Å². The van der Waals surface area contributed by atoms with Crippen LogP contribution in [0.5, 0.6) is 0 Å². The molecule has 3 N–H and O–H groups in total. The maximum atomic E-state index is 5.94. The first-order valence-corrected chi connectivity index (χ1v) is 8.47. The van der Waals surface area contributed by atoms with Crippen LogP contribution < -0.4 is 11.1 Å². The molecular weight excluding hydrogens is 292 g/mol. The summed E-state index contributed by atoms with van der Waals surface area (Å²) in [5.41, 5.74) is 11.0. The summed E-state index contributed by atoms with van der Waals surface area (Å²) >= 11 is 0. The highest BCUT2D eigenvalue weighted by Gasteiger charge is 2.07. The Morgan fingerprint density at radius 3 is 1.88 bits per heavy atom. The Morgan fingerprint density at radius 1 is 0.667 bits per heavy atom. The summed E-state index contributed by atoms with van der Waals surface area (Å²) < 4.78 is 0. The van der Waals surface area contributed by atoms with Crippen molar-refractivity contribution in [3.8, 4) is 11.1 Å². The maximum absolute atomic E-state index is 5.94. The van der Waals surface area contributed by atoms with Gasteiger partial charge in [-0.1, -0.05) is 84.9 Å². The molecule has 3 rings (SSSR count). The molecule has 0 saturated carbocycles. The number of nitrogens with two attached hydrogens (primary N) is 1. The van der Waals surface area contributed by atoms with Crippen LogP contribution in [0, 0.1) is 0 Å². The zero-order valence-electron chi connectivity index (χ0n) is 13.9. The van der Waals surface area contributed by atoms with E-state index in [4.69, 9.17) is 5.73 Å². The van der Waals surface area contributed by atoms with E-state index < -0.39 is 0 Å². The predicted molar refractivity (Wildman–Crippen MR) is 102 cm³/mol. The van der Waals surface area contributed by atoms with Crippen LogP contribution in [-0.4, -0.2) is 12.6 Å². The lowest BCUT2D eigenvalue weighted by molar-refractivity contribution is 0.515. The highest BCUT2D eigenvalue weighted by atomic mass is 14.9. The topological polar surface area (TPSA) is 38.0 Å². The first-order valence-electron chi connectivity index (χ1n) is 8.47. The lowest BCUT2D eigenvalue weighted by atomic mass is 10.0. The minimum absolute atomic E-state index is 0.285. The first kappa shape index (κ1) is 16.4. The zero-order valence-corrected chi connectivity index (χ0v) is 13.9. The Balaban J connectivity index is 1.59. The molecule has 3 aromatic carbocycles. The Bertz CT molecular complexity index is 721. The van der Waals surface area contributed by atoms with Gasteiger partial charge in [0, 0.05) is 19.1 Å². The van der Waals surface area contributed by atoms with Gasteiger partial charge in [0.05, 0.1) is 0 Å². The molecule has 0 amide bonds. The van der Waals surface area contributed by atoms with E-state index in [1.165, 1.54) is 22.3 Å². The van der Waals surface area contributed by atoms with Crippen LogP contribution in [-0.2, 0) is 13.0 Å². The lowest BCUT2D eigenvalue weighted by Gasteiger charge is -2.17. The second-order valence-electron chi connectivity index (χ2n) is 6.07. The molecule has 0 saturated heterocycles. The molecule has 0 aliphatic heterocycles. The average Bonchev–Trinajstić information content (AvgIpc) is 2.67. The second kappa shape index (κ2) is 8.44. The summed E-state index contributed by atoms with van der Waals surface area (Å²) in [6.45, 7) is 1.48. The van der Waals surface area contributed by atoms with Crippen molar-refractivity contribution in [2.24, 2.45) is 5.73 Å². The molecule has 0 spiro atoms. The summed E-state index contributed by atoms with van der Waals surface area (Å²) in [7, 11) is 0. The van der Waals surface area contributed by atoms with Gasteiger partial charge in [0.25, 0.3) is 0 Å². The van der Waals surface area contributed by atoms with Gasteiger partial charge in [0.15, 0.2) is 0 Å². The van der Waals surface area contributed by atoms with Gasteiger partial charge in [-0.15, -0.1) is 0 Å². The summed E-state index contributed by atoms with van der Waals surface area (Å²) in [4.78, 5) is 0. The summed E-state index contributed by atoms with van der Waals surface area (Å²) in [6, 6.07) is 30.0. The highest BCUT2D eigenvalue weighted by molar-refractivity contribution is 5.63. The first-order chi connectivity index (χ1) is 11.8. The van der Waals surface area contributed by atoms with Crippen molar-refractivity contribution < 1.29 is 0 Å². The lowest BCUT2D eigenvalue weighted by Crippen LogP contribution is -2.37. The monoisotopic (exact) mass is 316 g/mol. The van der Waals surface area contributed by atoms with Gasteiger partial charge in [0.2, 0.25) is 0 Å². The maximum Gasteiger partial charge on any atom is 0.0233 e. The van der Waals surface area contributed by atoms with E-state index in [0.29, 0.717) is 6.54 Å². The van der Waals surface area contributed by atoms with Crippen LogP contribution in [0.25, 0.3) is 11.1 Å². The van der Waals surface area contributed by atoms with Gasteiger partial charge in [-0.2, -0.15) is 0 Å². The molecule has 0 radical (unpaired) electrons. The molecular formula is C22H24N2. The zero-order chi connectivity index (χ0) is 16.6. The Labute approximate surface area is 144 Å². The van der Waals surface area contributed by atoms with Crippen LogP contribution in [0.1, 0.15) is 11.1 Å². The average molecular weight is 316 g/mol. The van der Waals surface area contributed by atoms with Gasteiger partial charge in [-0.25, -0.2) is 0 Å². The number of benzene rings is 3. The van der Waals surface area contributed by atoms with Gasteiger partial charge in [-0.05, 0) is 28.7 Å². The molecule has 0 aliphatic rings. The number of nitrogens with one attached hydrogen (secondary N) is 1. The molecule has 1 atom stereocenters. The molecule has 0 heterocycles. The highest BCUT2D eigenvalue weighted by Crippen LogP contribution is 2.19. The third-order valence-corrected chi connectivity index (χ3v) is 4.27. The Hall–Kier alpha value is -2.42. The van der Waals surface area contributed by atoms with Crippen LogP contribution >= 0.6 is 0 Å². The summed E-state index contributed by atoms with van der Waals surface area (Å²) in [6.07, 6.45) is 0.943. The molecule has 3 aromatic rings. The molecule has 0 bridgehead atoms. The standard InChI is InChI=1S/C22H24N2/c23-16-22(24-17-19-7-3-1-4-8-19)15-18-11-13-21(14-12-18)20-9-5-2-6-10-20/h1-14,22,24H,15-17,23H2. The van der Waals surface area contributed by atoms with E-state index >= 15 is 0 Å². The molecule has 0 aliphatic carbocycles. The number of rotatable bonds is 7. The molecule has 1 unspecified atom stereocenters. The van der Waals surface area contributed by atoms with Crippen molar-refractivity contribution in [2.75, 3.05) is 6.54 Å². The Kier molecular flexibility index (Phi) is 5.78. The van der Waals surface area contributed by atoms with Crippen LogP contribution in [0.3, 0.4) is 0 Å². The van der Waals surface area contributed by atoms with Gasteiger partial charge < -0.3 is 11.1 Å². The van der Waals surface area contributed by atoms with E-state index in [-0.39, 0.29) is 6.04 Å². The van der Waals surface area contributed by atoms with Gasteiger partial charge >= 0.3 is 0 Å². The third-order valence-electron chi connectivity index (χ3n) is 4.27. The molecule has 2 nitrogen and oxygen atoms in total. The predicted octanol–water partition coefficient (Wildman–Crippen LogP) is 4.01. The minimum Gasteiger partial charge on any atom is -0.329 e. The fraction of sp³-hybridized carbons (Fsp3) is 0.182.